The average Bonchev–Trinajstić information content (AvgIpc) is 2.98. The van der Waals surface area contributed by atoms with Gasteiger partial charge in [-0.15, -0.1) is 0 Å². The number of anilines is 1. The van der Waals surface area contributed by atoms with Crippen molar-refractivity contribution in [2.24, 2.45) is 0 Å². The van der Waals surface area contributed by atoms with E-state index in [0.717, 1.165) is 67.1 Å². The summed E-state index contributed by atoms with van der Waals surface area (Å²) in [4.78, 5) is 22.1. The number of hydrogen-bond acceptors (Lipinski definition) is 5. The number of pyridine rings is 1. The van der Waals surface area contributed by atoms with Gasteiger partial charge in [0.15, 0.2) is 0 Å². The molecule has 0 radical (unpaired) electrons. The zero-order valence-electron chi connectivity index (χ0n) is 22.4. The number of aromatic nitrogens is 1. The summed E-state index contributed by atoms with van der Waals surface area (Å²) in [5.41, 5.74) is 6.30. The second-order valence-electron chi connectivity index (χ2n) is 9.76. The molecule has 1 aliphatic heterocycles. The lowest BCUT2D eigenvalue weighted by Gasteiger charge is -2.36. The number of fused-ring (bicyclic) bond motifs is 1. The molecule has 0 spiro atoms. The summed E-state index contributed by atoms with van der Waals surface area (Å²) in [6.07, 6.45) is 0. The Bertz CT molecular complexity index is 1360. The van der Waals surface area contributed by atoms with Crippen molar-refractivity contribution in [3.05, 3.63) is 107 Å². The molecular weight excluding hydrogens is 470 g/mol. The smallest absolute Gasteiger partial charge is 0.253 e. The number of carbonyl (C=O) groups is 1. The predicted molar refractivity (Wildman–Crippen MR) is 155 cm³/mol. The molecule has 196 valence electrons. The van der Waals surface area contributed by atoms with E-state index in [-0.39, 0.29) is 11.9 Å². The van der Waals surface area contributed by atoms with Gasteiger partial charge in [0, 0.05) is 55.9 Å². The van der Waals surface area contributed by atoms with E-state index >= 15 is 0 Å². The van der Waals surface area contributed by atoms with E-state index in [1.54, 1.807) is 0 Å². The van der Waals surface area contributed by atoms with Crippen LogP contribution in [0, 0.1) is 0 Å². The molecule has 5 rings (SSSR count). The van der Waals surface area contributed by atoms with E-state index < -0.39 is 0 Å². The minimum Gasteiger partial charge on any atom is -0.379 e. The molecule has 3 aromatic carbocycles. The van der Waals surface area contributed by atoms with E-state index in [9.17, 15) is 4.79 Å². The van der Waals surface area contributed by atoms with Crippen LogP contribution in [0.3, 0.4) is 0 Å². The number of piperazine rings is 1. The van der Waals surface area contributed by atoms with Crippen molar-refractivity contribution < 1.29 is 4.79 Å². The van der Waals surface area contributed by atoms with E-state index in [1.165, 1.54) is 11.1 Å². The predicted octanol–water partition coefficient (Wildman–Crippen LogP) is 5.32. The third kappa shape index (κ3) is 5.87. The molecule has 0 aliphatic carbocycles. The van der Waals surface area contributed by atoms with Crippen LogP contribution in [0.25, 0.3) is 10.9 Å². The number of nitrogens with zero attached hydrogens (tertiary/aromatic N) is 3. The number of amides is 1. The molecule has 1 unspecified atom stereocenters. The maximum Gasteiger partial charge on any atom is 0.253 e. The van der Waals surface area contributed by atoms with Crippen molar-refractivity contribution in [2.45, 2.75) is 26.4 Å². The maximum atomic E-state index is 12.9. The second-order valence-corrected chi connectivity index (χ2v) is 9.76. The van der Waals surface area contributed by atoms with Crippen LogP contribution in [0.15, 0.2) is 84.9 Å². The standard InChI is InChI=1S/C32H37N5O/c1-3-36(4-2)32(38)26-14-12-25(13-15-26)31(37-20-18-33-19-21-37)27-9-7-10-28(22-27)34-23-29-17-16-24-8-5-6-11-30(24)35-29/h5-17,22,31,33-34H,3-4,18-21,23H2,1-2H3. The van der Waals surface area contributed by atoms with Crippen molar-refractivity contribution >= 4 is 22.5 Å². The van der Waals surface area contributed by atoms with Gasteiger partial charge in [0.2, 0.25) is 0 Å². The quantitative estimate of drug-likeness (QED) is 0.321. The number of benzene rings is 3. The van der Waals surface area contributed by atoms with Crippen molar-refractivity contribution in [2.75, 3.05) is 44.6 Å². The molecule has 2 N–H and O–H groups in total. The Balaban J connectivity index is 1.38. The van der Waals surface area contributed by atoms with Crippen molar-refractivity contribution in [1.29, 1.82) is 0 Å². The fourth-order valence-electron chi connectivity index (χ4n) is 5.27. The largest absolute Gasteiger partial charge is 0.379 e. The fraction of sp³-hybridized carbons (Fsp3) is 0.312. The van der Waals surface area contributed by atoms with E-state index in [0.29, 0.717) is 6.54 Å². The maximum absolute atomic E-state index is 12.9. The Labute approximate surface area is 225 Å². The van der Waals surface area contributed by atoms with Gasteiger partial charge >= 0.3 is 0 Å². The van der Waals surface area contributed by atoms with E-state index in [4.69, 9.17) is 4.98 Å². The van der Waals surface area contributed by atoms with Gasteiger partial charge in [-0.05, 0) is 61.4 Å². The molecule has 1 atom stereocenters. The third-order valence-corrected chi connectivity index (χ3v) is 7.37. The Morgan fingerprint density at radius 1 is 0.921 bits per heavy atom. The summed E-state index contributed by atoms with van der Waals surface area (Å²) in [5.74, 6) is 0.0915. The van der Waals surface area contributed by atoms with Gasteiger partial charge in [-0.25, -0.2) is 0 Å². The number of nitrogens with one attached hydrogen (secondary N) is 2. The molecular formula is C32H37N5O. The van der Waals surface area contributed by atoms with E-state index in [2.05, 4.69) is 76.2 Å². The highest BCUT2D eigenvalue weighted by Gasteiger charge is 2.24. The van der Waals surface area contributed by atoms with Crippen LogP contribution in [-0.4, -0.2) is 60.0 Å². The highest BCUT2D eigenvalue weighted by molar-refractivity contribution is 5.94. The van der Waals surface area contributed by atoms with Crippen LogP contribution in [0.5, 0.6) is 0 Å². The molecule has 1 aliphatic rings. The summed E-state index contributed by atoms with van der Waals surface area (Å²) >= 11 is 0. The Kier molecular flexibility index (Phi) is 8.31. The lowest BCUT2D eigenvalue weighted by atomic mass is 9.95. The Hall–Kier alpha value is -3.74. The SMILES string of the molecule is CCN(CC)C(=O)c1ccc(C(c2cccc(NCc3ccc4ccccc4n3)c2)N2CCNCC2)cc1. The highest BCUT2D eigenvalue weighted by atomic mass is 16.2. The zero-order chi connectivity index (χ0) is 26.3. The van der Waals surface area contributed by atoms with E-state index in [1.807, 2.05) is 43.0 Å². The number of rotatable bonds is 9. The minimum atomic E-state index is 0.0915. The van der Waals surface area contributed by atoms with Crippen molar-refractivity contribution in [3.63, 3.8) is 0 Å². The number of carbonyl (C=O) groups excluding carboxylic acids is 1. The lowest BCUT2D eigenvalue weighted by Crippen LogP contribution is -2.45. The van der Waals surface area contributed by atoms with Crippen molar-refractivity contribution in [3.8, 4) is 0 Å². The highest BCUT2D eigenvalue weighted by Crippen LogP contribution is 2.31. The average molecular weight is 508 g/mol. The Morgan fingerprint density at radius 3 is 2.45 bits per heavy atom. The summed E-state index contributed by atoms with van der Waals surface area (Å²) < 4.78 is 0. The summed E-state index contributed by atoms with van der Waals surface area (Å²) in [6.45, 7) is 10.0. The molecule has 0 bridgehead atoms. The Morgan fingerprint density at radius 2 is 1.68 bits per heavy atom. The minimum absolute atomic E-state index is 0.0915. The number of para-hydroxylation sites is 1. The summed E-state index contributed by atoms with van der Waals surface area (Å²) in [7, 11) is 0. The normalized spacial score (nSPS) is 14.8. The third-order valence-electron chi connectivity index (χ3n) is 7.37. The van der Waals surface area contributed by atoms with Crippen LogP contribution < -0.4 is 10.6 Å². The van der Waals surface area contributed by atoms with Gasteiger partial charge in [-0.1, -0.05) is 48.5 Å². The molecule has 6 nitrogen and oxygen atoms in total. The van der Waals surface area contributed by atoms with Crippen LogP contribution >= 0.6 is 0 Å². The first-order valence-electron chi connectivity index (χ1n) is 13.7. The zero-order valence-corrected chi connectivity index (χ0v) is 22.4. The van der Waals surface area contributed by atoms with Gasteiger partial charge < -0.3 is 15.5 Å². The first-order valence-corrected chi connectivity index (χ1v) is 13.7. The molecule has 2 heterocycles. The van der Waals surface area contributed by atoms with Gasteiger partial charge in [-0.2, -0.15) is 0 Å². The first-order chi connectivity index (χ1) is 18.7. The molecule has 38 heavy (non-hydrogen) atoms. The van der Waals surface area contributed by atoms with Crippen LogP contribution in [-0.2, 0) is 6.54 Å². The molecule has 1 amide bonds. The van der Waals surface area contributed by atoms with Crippen LogP contribution in [0.1, 0.15) is 47.1 Å². The van der Waals surface area contributed by atoms with Gasteiger partial charge in [-0.3, -0.25) is 14.7 Å². The summed E-state index contributed by atoms with van der Waals surface area (Å²) in [6, 6.07) is 29.5. The number of hydrogen-bond donors (Lipinski definition) is 2. The molecule has 0 saturated carbocycles. The summed E-state index contributed by atoms with van der Waals surface area (Å²) in [5, 5.41) is 8.21. The van der Waals surface area contributed by atoms with Crippen LogP contribution in [0.4, 0.5) is 5.69 Å². The molecule has 4 aromatic rings. The van der Waals surface area contributed by atoms with Crippen LogP contribution in [0.2, 0.25) is 0 Å². The molecule has 6 heteroatoms. The van der Waals surface area contributed by atoms with Crippen molar-refractivity contribution in [1.82, 2.24) is 20.1 Å². The monoisotopic (exact) mass is 507 g/mol. The molecule has 1 aromatic heterocycles. The molecule has 1 saturated heterocycles. The van der Waals surface area contributed by atoms with Gasteiger partial charge in [0.05, 0.1) is 23.8 Å². The lowest BCUT2D eigenvalue weighted by molar-refractivity contribution is 0.0773. The van der Waals surface area contributed by atoms with Gasteiger partial charge in [0.25, 0.3) is 5.91 Å². The molecule has 1 fully saturated rings. The first kappa shape index (κ1) is 25.9. The van der Waals surface area contributed by atoms with Gasteiger partial charge in [0.1, 0.15) is 0 Å². The topological polar surface area (TPSA) is 60.5 Å². The fourth-order valence-corrected chi connectivity index (χ4v) is 5.27. The second kappa shape index (κ2) is 12.2.